The fourth-order valence-electron chi connectivity index (χ4n) is 2.39. The lowest BCUT2D eigenvalue weighted by molar-refractivity contribution is -0.142. The molecule has 0 rings (SSSR count). The van der Waals surface area contributed by atoms with Crippen LogP contribution >= 0.6 is 0 Å². The molecule has 4 atom stereocenters. The number of hydrogen-bond donors (Lipinski definition) is 7. The van der Waals surface area contributed by atoms with E-state index in [1.807, 2.05) is 6.92 Å². The number of hydrogen-bond acceptors (Lipinski definition) is 6. The second-order valence-electron chi connectivity index (χ2n) is 6.76. The van der Waals surface area contributed by atoms with Gasteiger partial charge in [0.25, 0.3) is 0 Å². The Hall–Kier alpha value is -2.89. The van der Waals surface area contributed by atoms with Crippen LogP contribution in [0.2, 0.25) is 0 Å². The number of carboxylic acids is 2. The zero-order valence-corrected chi connectivity index (χ0v) is 16.8. The van der Waals surface area contributed by atoms with Gasteiger partial charge >= 0.3 is 11.9 Å². The van der Waals surface area contributed by atoms with Crippen LogP contribution in [0.4, 0.5) is 0 Å². The number of carboxylic acid groups (broad SMARTS) is 2. The molecule has 0 spiro atoms. The highest BCUT2D eigenvalue weighted by Crippen LogP contribution is 2.10. The van der Waals surface area contributed by atoms with Crippen LogP contribution in [-0.2, 0) is 19.2 Å². The first-order chi connectivity index (χ1) is 13.5. The van der Waals surface area contributed by atoms with Crippen molar-refractivity contribution in [1.82, 2.24) is 10.6 Å². The Kier molecular flexibility index (Phi) is 12.0. The molecule has 0 aromatic rings. The van der Waals surface area contributed by atoms with Crippen molar-refractivity contribution in [1.29, 1.82) is 0 Å². The first-order valence-electron chi connectivity index (χ1n) is 9.35. The smallest absolute Gasteiger partial charge is 0.326 e. The minimum Gasteiger partial charge on any atom is -0.481 e. The maximum atomic E-state index is 12.6. The topological polar surface area (TPSA) is 223 Å². The average Bonchev–Trinajstić information content (AvgIpc) is 2.64. The molecule has 0 saturated carbocycles. The van der Waals surface area contributed by atoms with E-state index >= 15 is 0 Å². The van der Waals surface area contributed by atoms with Gasteiger partial charge in [-0.3, -0.25) is 19.4 Å². The standard InChI is InChI=1S/C17H32N6O6/c1-3-9(2)13(23-14(26)10(18)6-7-12(24)25)15(27)22-11(16(28)29)5-4-8-21-17(19)20/h9-11,13H,3-8,18H2,1-2H3,(H,22,27)(H,23,26)(H,24,25)(H,28,29)(H4,19,20,21)/t9-,10-,11-,13-/m0/s1. The van der Waals surface area contributed by atoms with E-state index in [1.54, 1.807) is 6.92 Å². The van der Waals surface area contributed by atoms with Crippen LogP contribution in [0.5, 0.6) is 0 Å². The van der Waals surface area contributed by atoms with E-state index in [0.29, 0.717) is 12.8 Å². The van der Waals surface area contributed by atoms with E-state index in [-0.39, 0.29) is 37.7 Å². The summed E-state index contributed by atoms with van der Waals surface area (Å²) in [4.78, 5) is 50.7. The Morgan fingerprint density at radius 2 is 1.66 bits per heavy atom. The molecule has 0 aromatic heterocycles. The maximum Gasteiger partial charge on any atom is 0.326 e. The van der Waals surface area contributed by atoms with Crippen molar-refractivity contribution in [3.8, 4) is 0 Å². The van der Waals surface area contributed by atoms with Crippen LogP contribution in [0.1, 0.15) is 46.0 Å². The summed E-state index contributed by atoms with van der Waals surface area (Å²) in [6.07, 6.45) is 0.585. The lowest BCUT2D eigenvalue weighted by atomic mass is 9.97. The first-order valence-corrected chi connectivity index (χ1v) is 9.35. The molecule has 10 N–H and O–H groups in total. The molecule has 12 nitrogen and oxygen atoms in total. The molecule has 0 fully saturated rings. The molecule has 166 valence electrons. The molecule has 0 saturated heterocycles. The molecule has 2 amide bonds. The number of nitrogens with one attached hydrogen (secondary N) is 2. The van der Waals surface area contributed by atoms with Crippen molar-refractivity contribution >= 4 is 29.7 Å². The second kappa shape index (κ2) is 13.3. The molecule has 0 aliphatic rings. The summed E-state index contributed by atoms with van der Waals surface area (Å²) >= 11 is 0. The number of aliphatic imine (C=N–C) groups is 1. The summed E-state index contributed by atoms with van der Waals surface area (Å²) < 4.78 is 0. The lowest BCUT2D eigenvalue weighted by Crippen LogP contribution is -2.56. The first kappa shape index (κ1) is 26.1. The van der Waals surface area contributed by atoms with Gasteiger partial charge in [-0.1, -0.05) is 20.3 Å². The number of rotatable bonds is 14. The SMILES string of the molecule is CC[C@H](C)[C@H](NC(=O)[C@@H](N)CCC(=O)O)C(=O)N[C@@H](CCCN=C(N)N)C(=O)O. The van der Waals surface area contributed by atoms with Gasteiger partial charge in [0.05, 0.1) is 6.04 Å². The number of amides is 2. The van der Waals surface area contributed by atoms with Crippen molar-refractivity contribution in [3.05, 3.63) is 0 Å². The van der Waals surface area contributed by atoms with Crippen LogP contribution in [-0.4, -0.2) is 64.6 Å². The molecule has 12 heteroatoms. The summed E-state index contributed by atoms with van der Waals surface area (Å²) in [5.74, 6) is -4.06. The molecule has 0 heterocycles. The lowest BCUT2D eigenvalue weighted by Gasteiger charge is -2.26. The third kappa shape index (κ3) is 10.9. The van der Waals surface area contributed by atoms with Crippen molar-refractivity contribution < 1.29 is 29.4 Å². The fourth-order valence-corrected chi connectivity index (χ4v) is 2.39. The number of aliphatic carboxylic acids is 2. The number of guanidine groups is 1. The maximum absolute atomic E-state index is 12.6. The molecule has 0 aliphatic heterocycles. The third-order valence-electron chi connectivity index (χ3n) is 4.36. The van der Waals surface area contributed by atoms with Gasteiger partial charge in [-0.15, -0.1) is 0 Å². The zero-order valence-electron chi connectivity index (χ0n) is 16.8. The van der Waals surface area contributed by atoms with Gasteiger partial charge in [-0.05, 0) is 25.2 Å². The minimum absolute atomic E-state index is 0.0848. The van der Waals surface area contributed by atoms with Gasteiger partial charge < -0.3 is 38.0 Å². The number of nitrogens with zero attached hydrogens (tertiary/aromatic N) is 1. The summed E-state index contributed by atoms with van der Waals surface area (Å²) in [7, 11) is 0. The Morgan fingerprint density at radius 1 is 1.03 bits per heavy atom. The van der Waals surface area contributed by atoms with Gasteiger partial charge in [0.15, 0.2) is 5.96 Å². The van der Waals surface area contributed by atoms with E-state index < -0.39 is 41.9 Å². The summed E-state index contributed by atoms with van der Waals surface area (Å²) in [5.41, 5.74) is 16.1. The van der Waals surface area contributed by atoms with Crippen LogP contribution < -0.4 is 27.8 Å². The number of carbonyl (C=O) groups is 4. The molecule has 0 radical (unpaired) electrons. The predicted molar refractivity (Wildman–Crippen MR) is 106 cm³/mol. The quantitative estimate of drug-likeness (QED) is 0.0975. The summed E-state index contributed by atoms with van der Waals surface area (Å²) in [5, 5.41) is 22.9. The van der Waals surface area contributed by atoms with Crippen LogP contribution in [0.25, 0.3) is 0 Å². The van der Waals surface area contributed by atoms with Gasteiger partial charge in [0.1, 0.15) is 12.1 Å². The Morgan fingerprint density at radius 3 is 2.14 bits per heavy atom. The van der Waals surface area contributed by atoms with Crippen LogP contribution in [0.3, 0.4) is 0 Å². The van der Waals surface area contributed by atoms with E-state index in [1.165, 1.54) is 0 Å². The molecular formula is C17H32N6O6. The summed E-state index contributed by atoms with van der Waals surface area (Å²) in [6, 6.07) is -3.29. The predicted octanol–water partition coefficient (Wildman–Crippen LogP) is -1.67. The monoisotopic (exact) mass is 416 g/mol. The normalized spacial score (nSPS) is 14.7. The molecule has 29 heavy (non-hydrogen) atoms. The van der Waals surface area contributed by atoms with Crippen molar-refractivity contribution in [2.24, 2.45) is 28.1 Å². The molecular weight excluding hydrogens is 384 g/mol. The zero-order chi connectivity index (χ0) is 22.6. The number of carbonyl (C=O) groups excluding carboxylic acids is 2. The molecule has 0 unspecified atom stereocenters. The van der Waals surface area contributed by atoms with E-state index in [2.05, 4.69) is 15.6 Å². The van der Waals surface area contributed by atoms with E-state index in [0.717, 1.165) is 0 Å². The fraction of sp³-hybridized carbons (Fsp3) is 0.706. The second-order valence-corrected chi connectivity index (χ2v) is 6.76. The highest BCUT2D eigenvalue weighted by Gasteiger charge is 2.30. The molecule has 0 aromatic carbocycles. The van der Waals surface area contributed by atoms with E-state index in [9.17, 15) is 24.3 Å². The highest BCUT2D eigenvalue weighted by atomic mass is 16.4. The van der Waals surface area contributed by atoms with Gasteiger partial charge in [0, 0.05) is 13.0 Å². The van der Waals surface area contributed by atoms with Crippen LogP contribution in [0, 0.1) is 5.92 Å². The highest BCUT2D eigenvalue weighted by molar-refractivity contribution is 5.92. The molecule has 0 aliphatic carbocycles. The number of nitrogens with two attached hydrogens (primary N) is 3. The Balaban J connectivity index is 5.02. The Bertz CT molecular complexity index is 607. The summed E-state index contributed by atoms with van der Waals surface area (Å²) in [6.45, 7) is 3.75. The van der Waals surface area contributed by atoms with Gasteiger partial charge in [-0.25, -0.2) is 4.79 Å². The van der Waals surface area contributed by atoms with Gasteiger partial charge in [0.2, 0.25) is 11.8 Å². The van der Waals surface area contributed by atoms with Crippen molar-refractivity contribution in [2.75, 3.05) is 6.54 Å². The van der Waals surface area contributed by atoms with Crippen molar-refractivity contribution in [2.45, 2.75) is 64.1 Å². The van der Waals surface area contributed by atoms with Crippen LogP contribution in [0.15, 0.2) is 4.99 Å². The minimum atomic E-state index is -1.23. The van der Waals surface area contributed by atoms with Gasteiger partial charge in [-0.2, -0.15) is 0 Å². The average molecular weight is 416 g/mol. The largest absolute Gasteiger partial charge is 0.481 e. The Labute approximate surface area is 169 Å². The van der Waals surface area contributed by atoms with E-state index in [4.69, 9.17) is 22.3 Å². The van der Waals surface area contributed by atoms with Crippen molar-refractivity contribution in [3.63, 3.8) is 0 Å². The third-order valence-corrected chi connectivity index (χ3v) is 4.36. The molecule has 0 bridgehead atoms.